The Balaban J connectivity index is 1.36. The highest BCUT2D eigenvalue weighted by atomic mass is 15.3. The van der Waals surface area contributed by atoms with Crippen molar-refractivity contribution in [2.75, 3.05) is 57.3 Å². The normalized spacial score (nSPS) is 16.2. The third-order valence-corrected chi connectivity index (χ3v) is 5.66. The second kappa shape index (κ2) is 12.2. The van der Waals surface area contributed by atoms with Crippen LogP contribution in [0.4, 0.5) is 5.95 Å². The number of hydrogen-bond acceptors (Lipinski definition) is 5. The lowest BCUT2D eigenvalue weighted by molar-refractivity contribution is 0.254. The van der Waals surface area contributed by atoms with E-state index in [0.717, 1.165) is 70.7 Å². The first kappa shape index (κ1) is 23.0. The lowest BCUT2D eigenvalue weighted by Gasteiger charge is -2.34. The zero-order chi connectivity index (χ0) is 21.9. The van der Waals surface area contributed by atoms with Crippen molar-refractivity contribution >= 4 is 11.9 Å². The number of piperazine rings is 1. The molecule has 31 heavy (non-hydrogen) atoms. The van der Waals surface area contributed by atoms with Crippen LogP contribution in [0.3, 0.4) is 0 Å². The average molecular weight is 424 g/mol. The average Bonchev–Trinajstić information content (AvgIpc) is 2.81. The summed E-state index contributed by atoms with van der Waals surface area (Å²) in [6, 6.07) is 10.6. The Kier molecular flexibility index (Phi) is 9.09. The molecule has 2 N–H and O–H groups in total. The highest BCUT2D eigenvalue weighted by Gasteiger charge is 2.18. The maximum Gasteiger partial charge on any atom is 0.225 e. The molecule has 0 aliphatic carbocycles. The molecule has 2 aromatic rings. The Hall–Kier alpha value is -2.67. The van der Waals surface area contributed by atoms with Crippen molar-refractivity contribution in [3.8, 4) is 0 Å². The van der Waals surface area contributed by atoms with E-state index in [0.29, 0.717) is 5.92 Å². The lowest BCUT2D eigenvalue weighted by atomic mass is 10.0. The zero-order valence-corrected chi connectivity index (χ0v) is 19.2. The molecule has 0 saturated carbocycles. The van der Waals surface area contributed by atoms with Gasteiger partial charge in [-0.15, -0.1) is 0 Å². The molecule has 1 aliphatic rings. The van der Waals surface area contributed by atoms with Gasteiger partial charge in [0.15, 0.2) is 5.96 Å². The smallest absolute Gasteiger partial charge is 0.225 e. The van der Waals surface area contributed by atoms with E-state index in [2.05, 4.69) is 75.4 Å². The van der Waals surface area contributed by atoms with Crippen molar-refractivity contribution in [2.24, 2.45) is 4.99 Å². The largest absolute Gasteiger partial charge is 0.357 e. The molecule has 168 valence electrons. The van der Waals surface area contributed by atoms with Gasteiger partial charge >= 0.3 is 0 Å². The van der Waals surface area contributed by atoms with Gasteiger partial charge < -0.3 is 15.5 Å². The fourth-order valence-electron chi connectivity index (χ4n) is 3.71. The van der Waals surface area contributed by atoms with Gasteiger partial charge in [0.05, 0.1) is 0 Å². The summed E-state index contributed by atoms with van der Waals surface area (Å²) in [7, 11) is 0. The van der Waals surface area contributed by atoms with Gasteiger partial charge in [0, 0.05) is 64.1 Å². The predicted molar refractivity (Wildman–Crippen MR) is 129 cm³/mol. The second-order valence-corrected chi connectivity index (χ2v) is 8.19. The third-order valence-electron chi connectivity index (χ3n) is 5.66. The number of benzene rings is 1. The molecule has 1 saturated heterocycles. The molecule has 1 unspecified atom stereocenters. The van der Waals surface area contributed by atoms with Crippen molar-refractivity contribution in [3.05, 3.63) is 53.9 Å². The van der Waals surface area contributed by atoms with Crippen LogP contribution in [0.15, 0.2) is 47.7 Å². The number of aliphatic imine (C=N–C) groups is 1. The van der Waals surface area contributed by atoms with Gasteiger partial charge in [-0.25, -0.2) is 9.97 Å². The quantitative estimate of drug-likeness (QED) is 0.367. The monoisotopic (exact) mass is 423 g/mol. The SMILES string of the molecule is CCNC(=NCC(C)c1ccc(C)cc1)NCCCN1CCN(c2ncccn2)CC1. The fraction of sp³-hybridized carbons (Fsp3) is 0.542. The van der Waals surface area contributed by atoms with Crippen LogP contribution >= 0.6 is 0 Å². The van der Waals surface area contributed by atoms with Gasteiger partial charge in [0.1, 0.15) is 0 Å². The number of aryl methyl sites for hydroxylation is 1. The summed E-state index contributed by atoms with van der Waals surface area (Å²) in [5.74, 6) is 2.16. The molecule has 0 bridgehead atoms. The number of aromatic nitrogens is 2. The fourth-order valence-corrected chi connectivity index (χ4v) is 3.71. The molecule has 3 rings (SSSR count). The molecule has 0 radical (unpaired) electrons. The molecule has 1 fully saturated rings. The molecular formula is C24H37N7. The van der Waals surface area contributed by atoms with E-state index in [1.54, 1.807) is 0 Å². The first-order valence-corrected chi connectivity index (χ1v) is 11.5. The maximum absolute atomic E-state index is 4.80. The number of nitrogens with zero attached hydrogens (tertiary/aromatic N) is 5. The van der Waals surface area contributed by atoms with Crippen molar-refractivity contribution in [3.63, 3.8) is 0 Å². The minimum absolute atomic E-state index is 0.404. The molecule has 1 atom stereocenters. The summed E-state index contributed by atoms with van der Waals surface area (Å²) in [6.45, 7) is 14.2. The van der Waals surface area contributed by atoms with E-state index in [4.69, 9.17) is 4.99 Å². The highest BCUT2D eigenvalue weighted by molar-refractivity contribution is 5.79. The molecule has 1 aromatic heterocycles. The van der Waals surface area contributed by atoms with E-state index in [1.807, 2.05) is 18.5 Å². The molecule has 7 heteroatoms. The highest BCUT2D eigenvalue weighted by Crippen LogP contribution is 2.16. The summed E-state index contributed by atoms with van der Waals surface area (Å²) >= 11 is 0. The molecule has 2 heterocycles. The van der Waals surface area contributed by atoms with E-state index in [1.165, 1.54) is 11.1 Å². The van der Waals surface area contributed by atoms with Crippen LogP contribution < -0.4 is 15.5 Å². The Labute approximate surface area is 187 Å². The van der Waals surface area contributed by atoms with Crippen LogP contribution in [0.2, 0.25) is 0 Å². The Morgan fingerprint density at radius 1 is 1.06 bits per heavy atom. The van der Waals surface area contributed by atoms with Crippen LogP contribution in [-0.4, -0.2) is 73.2 Å². The summed E-state index contributed by atoms with van der Waals surface area (Å²) in [4.78, 5) is 18.3. The van der Waals surface area contributed by atoms with Gasteiger partial charge in [-0.3, -0.25) is 9.89 Å². The number of anilines is 1. The van der Waals surface area contributed by atoms with Crippen LogP contribution in [0, 0.1) is 6.92 Å². The molecule has 7 nitrogen and oxygen atoms in total. The van der Waals surface area contributed by atoms with Gasteiger partial charge in [-0.05, 0) is 38.4 Å². The number of hydrogen-bond donors (Lipinski definition) is 2. The topological polar surface area (TPSA) is 68.7 Å². The van der Waals surface area contributed by atoms with Gasteiger partial charge in [-0.2, -0.15) is 0 Å². The molecule has 1 aromatic carbocycles. The third kappa shape index (κ3) is 7.51. The van der Waals surface area contributed by atoms with E-state index in [-0.39, 0.29) is 0 Å². The van der Waals surface area contributed by atoms with Crippen LogP contribution in [0.5, 0.6) is 0 Å². The Bertz CT molecular complexity index is 783. The molecular weight excluding hydrogens is 386 g/mol. The van der Waals surface area contributed by atoms with Gasteiger partial charge in [0.2, 0.25) is 5.95 Å². The first-order chi connectivity index (χ1) is 15.2. The Morgan fingerprint density at radius 2 is 1.77 bits per heavy atom. The van der Waals surface area contributed by atoms with E-state index >= 15 is 0 Å². The standard InChI is InChI=1S/C24H37N7/c1-4-25-23(29-19-21(3)22-9-7-20(2)8-10-22)26-13-6-14-30-15-17-31(18-16-30)24-27-11-5-12-28-24/h5,7-12,21H,4,6,13-19H2,1-3H3,(H2,25,26,29). The molecule has 0 spiro atoms. The van der Waals surface area contributed by atoms with Crippen LogP contribution in [0.1, 0.15) is 37.3 Å². The molecule has 0 amide bonds. The van der Waals surface area contributed by atoms with Crippen molar-refractivity contribution in [2.45, 2.75) is 33.1 Å². The molecule has 1 aliphatic heterocycles. The number of guanidine groups is 1. The van der Waals surface area contributed by atoms with Gasteiger partial charge in [-0.1, -0.05) is 36.8 Å². The summed E-state index contributed by atoms with van der Waals surface area (Å²) in [5.41, 5.74) is 2.63. The van der Waals surface area contributed by atoms with Crippen molar-refractivity contribution in [1.29, 1.82) is 0 Å². The maximum atomic E-state index is 4.80. The summed E-state index contributed by atoms with van der Waals surface area (Å²) in [5, 5.41) is 6.86. The van der Waals surface area contributed by atoms with Crippen molar-refractivity contribution in [1.82, 2.24) is 25.5 Å². The van der Waals surface area contributed by atoms with Crippen molar-refractivity contribution < 1.29 is 0 Å². The van der Waals surface area contributed by atoms with E-state index < -0.39 is 0 Å². The number of rotatable bonds is 9. The zero-order valence-electron chi connectivity index (χ0n) is 19.2. The minimum Gasteiger partial charge on any atom is -0.357 e. The minimum atomic E-state index is 0.404. The van der Waals surface area contributed by atoms with Crippen LogP contribution in [-0.2, 0) is 0 Å². The predicted octanol–water partition coefficient (Wildman–Crippen LogP) is 2.66. The van der Waals surface area contributed by atoms with Crippen LogP contribution in [0.25, 0.3) is 0 Å². The summed E-state index contributed by atoms with van der Waals surface area (Å²) in [6.07, 6.45) is 4.72. The number of nitrogens with one attached hydrogen (secondary N) is 2. The van der Waals surface area contributed by atoms with E-state index in [9.17, 15) is 0 Å². The van der Waals surface area contributed by atoms with Gasteiger partial charge in [0.25, 0.3) is 0 Å². The first-order valence-electron chi connectivity index (χ1n) is 11.5. The summed E-state index contributed by atoms with van der Waals surface area (Å²) < 4.78 is 0. The lowest BCUT2D eigenvalue weighted by Crippen LogP contribution is -2.47. The Morgan fingerprint density at radius 3 is 2.45 bits per heavy atom. The second-order valence-electron chi connectivity index (χ2n) is 8.19.